The maximum Gasteiger partial charge on any atom is 0.255 e. The lowest BCUT2D eigenvalue weighted by atomic mass is 10.2. The van der Waals surface area contributed by atoms with Gasteiger partial charge in [0.1, 0.15) is 5.82 Å². The molecule has 0 saturated heterocycles. The number of nitrogens with zero attached hydrogens (tertiary/aromatic N) is 2. The number of anilines is 5. The molecule has 0 aliphatic rings. The Kier molecular flexibility index (Phi) is 5.98. The zero-order valence-electron chi connectivity index (χ0n) is 14.1. The molecule has 1 amide bonds. The van der Waals surface area contributed by atoms with Crippen LogP contribution >= 0.6 is 12.4 Å². The third-order valence-electron chi connectivity index (χ3n) is 3.46. The molecule has 7 nitrogen and oxygen atoms in total. The lowest BCUT2D eigenvalue weighted by Gasteiger charge is -2.09. The number of nitrogen functional groups attached to an aromatic ring is 2. The van der Waals surface area contributed by atoms with Crippen molar-refractivity contribution in [1.82, 2.24) is 9.97 Å². The first-order valence-electron chi connectivity index (χ1n) is 7.65. The van der Waals surface area contributed by atoms with Gasteiger partial charge in [-0.1, -0.05) is 0 Å². The lowest BCUT2D eigenvalue weighted by molar-refractivity contribution is 0.102. The zero-order chi connectivity index (χ0) is 17.8. The van der Waals surface area contributed by atoms with E-state index in [0.29, 0.717) is 22.8 Å². The van der Waals surface area contributed by atoms with Crippen LogP contribution in [0.25, 0.3) is 0 Å². The van der Waals surface area contributed by atoms with Crippen LogP contribution in [0.15, 0.2) is 54.6 Å². The summed E-state index contributed by atoms with van der Waals surface area (Å²) in [6.07, 6.45) is 0. The molecule has 0 aliphatic carbocycles. The number of rotatable bonds is 4. The largest absolute Gasteiger partial charge is 0.399 e. The van der Waals surface area contributed by atoms with Crippen LogP contribution in [0.1, 0.15) is 16.1 Å². The van der Waals surface area contributed by atoms with E-state index >= 15 is 0 Å². The first-order valence-corrected chi connectivity index (χ1v) is 7.65. The van der Waals surface area contributed by atoms with Gasteiger partial charge < -0.3 is 22.1 Å². The summed E-state index contributed by atoms with van der Waals surface area (Å²) in [6, 6.07) is 15.8. The Morgan fingerprint density at radius 2 is 1.54 bits per heavy atom. The Morgan fingerprint density at radius 3 is 2.15 bits per heavy atom. The van der Waals surface area contributed by atoms with Crippen molar-refractivity contribution >= 4 is 47.1 Å². The van der Waals surface area contributed by atoms with E-state index in [1.165, 1.54) is 0 Å². The molecule has 0 aliphatic heterocycles. The summed E-state index contributed by atoms with van der Waals surface area (Å²) in [5.74, 6) is 0.637. The predicted molar refractivity (Wildman–Crippen MR) is 107 cm³/mol. The molecule has 0 bridgehead atoms. The highest BCUT2D eigenvalue weighted by atomic mass is 35.5. The Hall–Kier alpha value is -3.32. The van der Waals surface area contributed by atoms with Crippen LogP contribution in [0.3, 0.4) is 0 Å². The Bertz CT molecular complexity index is 876. The van der Waals surface area contributed by atoms with Gasteiger partial charge in [-0.3, -0.25) is 4.79 Å². The molecule has 134 valence electrons. The molecule has 0 radical (unpaired) electrons. The van der Waals surface area contributed by atoms with Crippen molar-refractivity contribution < 1.29 is 4.79 Å². The average molecular weight is 371 g/mol. The highest BCUT2D eigenvalue weighted by Gasteiger charge is 2.06. The van der Waals surface area contributed by atoms with Crippen LogP contribution in [0.4, 0.5) is 28.8 Å². The monoisotopic (exact) mass is 370 g/mol. The zero-order valence-corrected chi connectivity index (χ0v) is 14.9. The van der Waals surface area contributed by atoms with Crippen molar-refractivity contribution in [3.63, 3.8) is 0 Å². The number of nitrogens with two attached hydrogens (primary N) is 2. The van der Waals surface area contributed by atoms with Crippen LogP contribution in [0, 0.1) is 6.92 Å². The Morgan fingerprint density at radius 1 is 0.923 bits per heavy atom. The molecule has 0 fully saturated rings. The van der Waals surface area contributed by atoms with E-state index in [1.807, 2.05) is 19.1 Å². The van der Waals surface area contributed by atoms with E-state index < -0.39 is 0 Å². The van der Waals surface area contributed by atoms with E-state index in [2.05, 4.69) is 20.6 Å². The fourth-order valence-corrected chi connectivity index (χ4v) is 2.28. The molecule has 1 heterocycles. The lowest BCUT2D eigenvalue weighted by Crippen LogP contribution is -2.11. The molecule has 6 N–H and O–H groups in total. The van der Waals surface area contributed by atoms with Crippen molar-refractivity contribution in [2.45, 2.75) is 6.92 Å². The van der Waals surface area contributed by atoms with Crippen LogP contribution in [-0.4, -0.2) is 15.9 Å². The minimum absolute atomic E-state index is 0. The number of carbonyl (C=O) groups is 1. The van der Waals surface area contributed by atoms with Gasteiger partial charge in [-0.05, 0) is 55.5 Å². The van der Waals surface area contributed by atoms with Crippen molar-refractivity contribution in [1.29, 1.82) is 0 Å². The second kappa shape index (κ2) is 8.17. The summed E-state index contributed by atoms with van der Waals surface area (Å²) in [6.45, 7) is 1.85. The molecule has 3 rings (SSSR count). The van der Waals surface area contributed by atoms with Gasteiger partial charge in [0.25, 0.3) is 5.91 Å². The maximum atomic E-state index is 12.2. The number of aryl methyl sites for hydroxylation is 1. The fourth-order valence-electron chi connectivity index (χ4n) is 2.28. The molecular formula is C18H19ClN6O. The third kappa shape index (κ3) is 4.84. The summed E-state index contributed by atoms with van der Waals surface area (Å²) in [4.78, 5) is 20.3. The maximum absolute atomic E-state index is 12.2. The summed E-state index contributed by atoms with van der Waals surface area (Å²) >= 11 is 0. The normalized spacial score (nSPS) is 9.88. The van der Waals surface area contributed by atoms with Crippen LogP contribution < -0.4 is 22.1 Å². The third-order valence-corrected chi connectivity index (χ3v) is 3.46. The Labute approximate surface area is 157 Å². The molecule has 1 aromatic heterocycles. The van der Waals surface area contributed by atoms with Gasteiger partial charge >= 0.3 is 0 Å². The highest BCUT2D eigenvalue weighted by Crippen LogP contribution is 2.19. The van der Waals surface area contributed by atoms with E-state index in [9.17, 15) is 4.79 Å². The van der Waals surface area contributed by atoms with Gasteiger partial charge in [0.15, 0.2) is 0 Å². The number of nitrogens with one attached hydrogen (secondary N) is 2. The number of aromatic nitrogens is 2. The molecular weight excluding hydrogens is 352 g/mol. The molecule has 8 heteroatoms. The number of halogens is 1. The SMILES string of the molecule is Cc1cc(Nc2ccc(NC(=O)c3ccc(N)cc3)cc2)nc(N)n1.Cl. The number of hydrogen-bond donors (Lipinski definition) is 4. The molecule has 0 spiro atoms. The van der Waals surface area contributed by atoms with Crippen molar-refractivity contribution in [3.05, 3.63) is 65.9 Å². The summed E-state index contributed by atoms with van der Waals surface area (Å²) in [7, 11) is 0. The number of carbonyl (C=O) groups excluding carboxylic acids is 1. The topological polar surface area (TPSA) is 119 Å². The second-order valence-electron chi connectivity index (χ2n) is 5.53. The summed E-state index contributed by atoms with van der Waals surface area (Å²) < 4.78 is 0. The molecule has 26 heavy (non-hydrogen) atoms. The predicted octanol–water partition coefficient (Wildman–Crippen LogP) is 3.37. The molecule has 0 atom stereocenters. The quantitative estimate of drug-likeness (QED) is 0.523. The number of amides is 1. The van der Waals surface area contributed by atoms with E-state index in [-0.39, 0.29) is 24.3 Å². The van der Waals surface area contributed by atoms with Crippen LogP contribution in [0.2, 0.25) is 0 Å². The standard InChI is InChI=1S/C18H18N6O.ClH/c1-11-10-16(24-18(20)21-11)22-14-6-8-15(9-7-14)23-17(25)12-2-4-13(19)5-3-12;/h2-10H,19H2,1H3,(H,23,25)(H3,20,21,22,24);1H. The van der Waals surface area contributed by atoms with E-state index in [1.54, 1.807) is 42.5 Å². The van der Waals surface area contributed by atoms with E-state index in [4.69, 9.17) is 11.5 Å². The Balaban J connectivity index is 0.00000243. The first-order chi connectivity index (χ1) is 12.0. The number of hydrogen-bond acceptors (Lipinski definition) is 6. The summed E-state index contributed by atoms with van der Waals surface area (Å²) in [5.41, 5.74) is 14.7. The minimum Gasteiger partial charge on any atom is -0.399 e. The van der Waals surface area contributed by atoms with Crippen molar-refractivity contribution in [2.24, 2.45) is 0 Å². The molecule has 3 aromatic rings. The van der Waals surface area contributed by atoms with Gasteiger partial charge in [0, 0.05) is 34.4 Å². The van der Waals surface area contributed by atoms with Gasteiger partial charge in [0.2, 0.25) is 5.95 Å². The van der Waals surface area contributed by atoms with Gasteiger partial charge in [-0.25, -0.2) is 4.98 Å². The highest BCUT2D eigenvalue weighted by molar-refractivity contribution is 6.04. The molecule has 2 aromatic carbocycles. The molecule has 0 unspecified atom stereocenters. The smallest absolute Gasteiger partial charge is 0.255 e. The fraction of sp³-hybridized carbons (Fsp3) is 0.0556. The van der Waals surface area contributed by atoms with Gasteiger partial charge in [-0.2, -0.15) is 4.98 Å². The minimum atomic E-state index is -0.195. The van der Waals surface area contributed by atoms with Gasteiger partial charge in [0.05, 0.1) is 0 Å². The molecule has 0 saturated carbocycles. The van der Waals surface area contributed by atoms with Crippen LogP contribution in [-0.2, 0) is 0 Å². The van der Waals surface area contributed by atoms with Crippen LogP contribution in [0.5, 0.6) is 0 Å². The van der Waals surface area contributed by atoms with Crippen molar-refractivity contribution in [2.75, 3.05) is 22.1 Å². The van der Waals surface area contributed by atoms with Gasteiger partial charge in [-0.15, -0.1) is 12.4 Å². The average Bonchev–Trinajstić information content (AvgIpc) is 2.56. The second-order valence-corrected chi connectivity index (χ2v) is 5.53. The van der Waals surface area contributed by atoms with E-state index in [0.717, 1.165) is 11.4 Å². The van der Waals surface area contributed by atoms with Crippen molar-refractivity contribution in [3.8, 4) is 0 Å². The number of benzene rings is 2. The summed E-state index contributed by atoms with van der Waals surface area (Å²) in [5, 5.41) is 5.98. The first kappa shape index (κ1) is 19.0.